The normalized spacial score (nSPS) is 24.1. The summed E-state index contributed by atoms with van der Waals surface area (Å²) in [6, 6.07) is 15.0. The van der Waals surface area contributed by atoms with Gasteiger partial charge in [-0.1, -0.05) is 56.5 Å². The van der Waals surface area contributed by atoms with Crippen LogP contribution >= 0.6 is 11.6 Å². The standard InChI is InChI=1S/C25H32ClNO/c1-3-7-19-14-22(26)12-13-23(19)21-16-27(15-20-11-10-18(20)4-2)24-8-5-6-9-25(24)28-17-21/h5-6,8-9,12-14,18,20-21H,3-4,7,10-11,15-17H2,1-2H3. The van der Waals surface area contributed by atoms with Crippen LogP contribution in [0.4, 0.5) is 5.69 Å². The summed E-state index contributed by atoms with van der Waals surface area (Å²) in [4.78, 5) is 2.60. The summed E-state index contributed by atoms with van der Waals surface area (Å²) < 4.78 is 6.32. The van der Waals surface area contributed by atoms with Crippen LogP contribution in [0.25, 0.3) is 0 Å². The maximum Gasteiger partial charge on any atom is 0.142 e. The zero-order chi connectivity index (χ0) is 19.5. The molecule has 0 radical (unpaired) electrons. The van der Waals surface area contributed by atoms with E-state index in [4.69, 9.17) is 16.3 Å². The van der Waals surface area contributed by atoms with E-state index in [1.165, 1.54) is 36.1 Å². The van der Waals surface area contributed by atoms with Crippen LogP contribution in [-0.2, 0) is 6.42 Å². The zero-order valence-corrected chi connectivity index (χ0v) is 17.9. The second kappa shape index (κ2) is 8.78. The molecule has 28 heavy (non-hydrogen) atoms. The zero-order valence-electron chi connectivity index (χ0n) is 17.2. The topological polar surface area (TPSA) is 12.5 Å². The first-order chi connectivity index (χ1) is 13.7. The van der Waals surface area contributed by atoms with Crippen molar-refractivity contribution in [1.29, 1.82) is 0 Å². The molecule has 0 spiro atoms. The number of hydrogen-bond donors (Lipinski definition) is 0. The molecule has 1 aliphatic carbocycles. The number of rotatable bonds is 6. The molecule has 1 saturated carbocycles. The molecule has 2 aliphatic rings. The number of hydrogen-bond acceptors (Lipinski definition) is 2. The second-order valence-electron chi connectivity index (χ2n) is 8.48. The Morgan fingerprint density at radius 3 is 2.64 bits per heavy atom. The molecule has 1 aliphatic heterocycles. The van der Waals surface area contributed by atoms with Gasteiger partial charge in [-0.3, -0.25) is 0 Å². The predicted molar refractivity (Wildman–Crippen MR) is 119 cm³/mol. The fourth-order valence-electron chi connectivity index (χ4n) is 4.97. The molecule has 2 aromatic rings. The van der Waals surface area contributed by atoms with E-state index >= 15 is 0 Å². The summed E-state index contributed by atoms with van der Waals surface area (Å²) in [7, 11) is 0. The van der Waals surface area contributed by atoms with Gasteiger partial charge < -0.3 is 9.64 Å². The molecule has 150 valence electrons. The molecule has 2 nitrogen and oxygen atoms in total. The van der Waals surface area contributed by atoms with Crippen LogP contribution in [0.1, 0.15) is 56.6 Å². The summed E-state index contributed by atoms with van der Waals surface area (Å²) in [5.41, 5.74) is 4.05. The van der Waals surface area contributed by atoms with Gasteiger partial charge in [0.2, 0.25) is 0 Å². The Kier molecular flexibility index (Phi) is 6.16. The quantitative estimate of drug-likeness (QED) is 0.536. The SMILES string of the molecule is CCCc1cc(Cl)ccc1C1COc2ccccc2N(CC2CCC2CC)C1. The van der Waals surface area contributed by atoms with Gasteiger partial charge in [-0.25, -0.2) is 0 Å². The largest absolute Gasteiger partial charge is 0.491 e. The Morgan fingerprint density at radius 2 is 1.89 bits per heavy atom. The summed E-state index contributed by atoms with van der Waals surface area (Å²) in [5.74, 6) is 3.10. The van der Waals surface area contributed by atoms with E-state index in [0.29, 0.717) is 5.92 Å². The molecule has 3 heteroatoms. The summed E-state index contributed by atoms with van der Waals surface area (Å²) in [5, 5.41) is 0.835. The molecule has 0 bridgehead atoms. The van der Waals surface area contributed by atoms with Gasteiger partial charge in [0.05, 0.1) is 12.3 Å². The minimum atomic E-state index is 0.367. The van der Waals surface area contributed by atoms with E-state index in [1.807, 2.05) is 6.07 Å². The van der Waals surface area contributed by atoms with Crippen LogP contribution in [0.3, 0.4) is 0 Å². The van der Waals surface area contributed by atoms with E-state index < -0.39 is 0 Å². The van der Waals surface area contributed by atoms with Gasteiger partial charge in [-0.05, 0) is 66.5 Å². The van der Waals surface area contributed by atoms with Crippen LogP contribution in [0, 0.1) is 11.8 Å². The molecule has 0 N–H and O–H groups in total. The first-order valence-electron chi connectivity index (χ1n) is 10.9. The Hall–Kier alpha value is -1.67. The highest BCUT2D eigenvalue weighted by Crippen LogP contribution is 2.41. The van der Waals surface area contributed by atoms with Gasteiger partial charge in [0, 0.05) is 24.0 Å². The number of para-hydroxylation sites is 2. The maximum atomic E-state index is 6.32. The van der Waals surface area contributed by atoms with Crippen molar-refractivity contribution in [3.8, 4) is 5.75 Å². The van der Waals surface area contributed by atoms with Crippen LogP contribution in [0.5, 0.6) is 5.75 Å². The number of aryl methyl sites for hydroxylation is 1. The average Bonchev–Trinajstić information content (AvgIpc) is 2.86. The summed E-state index contributed by atoms with van der Waals surface area (Å²) >= 11 is 6.31. The van der Waals surface area contributed by atoms with Gasteiger partial charge in [-0.15, -0.1) is 0 Å². The molecule has 3 unspecified atom stereocenters. The van der Waals surface area contributed by atoms with Crippen molar-refractivity contribution in [2.24, 2.45) is 11.8 Å². The third-order valence-electron chi connectivity index (χ3n) is 6.71. The van der Waals surface area contributed by atoms with E-state index in [9.17, 15) is 0 Å². The Bertz CT molecular complexity index is 803. The third-order valence-corrected chi connectivity index (χ3v) is 6.94. The van der Waals surface area contributed by atoms with Gasteiger partial charge in [-0.2, -0.15) is 0 Å². The summed E-state index contributed by atoms with van der Waals surface area (Å²) in [6.07, 6.45) is 6.27. The third kappa shape index (κ3) is 4.03. The molecule has 2 aromatic carbocycles. The fourth-order valence-corrected chi connectivity index (χ4v) is 5.16. The van der Waals surface area contributed by atoms with Crippen LogP contribution in [0.15, 0.2) is 42.5 Å². The fraction of sp³-hybridized carbons (Fsp3) is 0.520. The second-order valence-corrected chi connectivity index (χ2v) is 8.92. The molecule has 0 saturated heterocycles. The smallest absolute Gasteiger partial charge is 0.142 e. The van der Waals surface area contributed by atoms with E-state index in [0.717, 1.165) is 55.1 Å². The number of nitrogens with zero attached hydrogens (tertiary/aromatic N) is 1. The molecular formula is C25H32ClNO. The lowest BCUT2D eigenvalue weighted by Gasteiger charge is -2.40. The van der Waals surface area contributed by atoms with E-state index in [-0.39, 0.29) is 0 Å². The first kappa shape index (κ1) is 19.6. The van der Waals surface area contributed by atoms with E-state index in [1.54, 1.807) is 0 Å². The Labute approximate surface area is 174 Å². The molecule has 0 aromatic heterocycles. The number of ether oxygens (including phenoxy) is 1. The van der Waals surface area contributed by atoms with Crippen molar-refractivity contribution in [2.45, 2.75) is 51.9 Å². The lowest BCUT2D eigenvalue weighted by molar-refractivity contribution is 0.174. The Balaban J connectivity index is 1.63. The first-order valence-corrected chi connectivity index (χ1v) is 11.3. The number of benzene rings is 2. The van der Waals surface area contributed by atoms with E-state index in [2.05, 4.69) is 55.1 Å². The van der Waals surface area contributed by atoms with Gasteiger partial charge >= 0.3 is 0 Å². The predicted octanol–water partition coefficient (Wildman–Crippen LogP) is 6.71. The van der Waals surface area contributed by atoms with Crippen molar-refractivity contribution < 1.29 is 4.74 Å². The molecule has 3 atom stereocenters. The minimum absolute atomic E-state index is 0.367. The maximum absolute atomic E-state index is 6.32. The van der Waals surface area contributed by atoms with Crippen LogP contribution in [0.2, 0.25) is 5.02 Å². The highest BCUT2D eigenvalue weighted by Gasteiger charge is 2.33. The van der Waals surface area contributed by atoms with Crippen LogP contribution < -0.4 is 9.64 Å². The highest BCUT2D eigenvalue weighted by atomic mass is 35.5. The molecular weight excluding hydrogens is 366 g/mol. The number of fused-ring (bicyclic) bond motifs is 1. The molecule has 4 rings (SSSR count). The minimum Gasteiger partial charge on any atom is -0.491 e. The van der Waals surface area contributed by atoms with Crippen molar-refractivity contribution in [3.05, 3.63) is 58.6 Å². The average molecular weight is 398 g/mol. The molecule has 0 amide bonds. The molecule has 1 heterocycles. The van der Waals surface area contributed by atoms with Gasteiger partial charge in [0.1, 0.15) is 5.75 Å². The Morgan fingerprint density at radius 1 is 1.07 bits per heavy atom. The van der Waals surface area contributed by atoms with Crippen molar-refractivity contribution in [3.63, 3.8) is 0 Å². The summed E-state index contributed by atoms with van der Waals surface area (Å²) in [6.45, 7) is 7.46. The van der Waals surface area contributed by atoms with Crippen molar-refractivity contribution >= 4 is 17.3 Å². The highest BCUT2D eigenvalue weighted by molar-refractivity contribution is 6.30. The number of anilines is 1. The van der Waals surface area contributed by atoms with Crippen molar-refractivity contribution in [2.75, 3.05) is 24.6 Å². The van der Waals surface area contributed by atoms with Crippen molar-refractivity contribution in [1.82, 2.24) is 0 Å². The van der Waals surface area contributed by atoms with Gasteiger partial charge in [0.15, 0.2) is 0 Å². The lowest BCUT2D eigenvalue weighted by Crippen LogP contribution is -2.39. The lowest BCUT2D eigenvalue weighted by atomic mass is 9.72. The number of halogens is 1. The van der Waals surface area contributed by atoms with Gasteiger partial charge in [0.25, 0.3) is 0 Å². The van der Waals surface area contributed by atoms with Crippen LogP contribution in [-0.4, -0.2) is 19.7 Å². The molecule has 1 fully saturated rings. The monoisotopic (exact) mass is 397 g/mol.